The van der Waals surface area contributed by atoms with E-state index in [2.05, 4.69) is 82.7 Å². The monoisotopic (exact) mass is 445 g/mol. The summed E-state index contributed by atoms with van der Waals surface area (Å²) in [5.74, 6) is 1.15. The molecule has 1 aromatic heterocycles. The van der Waals surface area contributed by atoms with Crippen LogP contribution in [0.4, 0.5) is 0 Å². The van der Waals surface area contributed by atoms with Crippen LogP contribution in [0.1, 0.15) is 59.7 Å². The molecule has 2 heterocycles. The van der Waals surface area contributed by atoms with Gasteiger partial charge in [-0.2, -0.15) is 0 Å². The Labute approximate surface area is 197 Å². The molecule has 1 N–H and O–H groups in total. The van der Waals surface area contributed by atoms with Gasteiger partial charge in [0.05, 0.1) is 12.6 Å². The van der Waals surface area contributed by atoms with Crippen LogP contribution in [-0.4, -0.2) is 48.4 Å². The van der Waals surface area contributed by atoms with Crippen molar-refractivity contribution in [3.8, 4) is 0 Å². The Kier molecular flexibility index (Phi) is 8.34. The number of nitrogens with zero attached hydrogens (tertiary/aromatic N) is 2. The Morgan fingerprint density at radius 2 is 1.52 bits per heavy atom. The Bertz CT molecular complexity index is 939. The van der Waals surface area contributed by atoms with Crippen molar-refractivity contribution in [2.45, 2.75) is 38.8 Å². The average molecular weight is 446 g/mol. The largest absolute Gasteiger partial charge is 0.455 e. The topological polar surface area (TPSA) is 48.7 Å². The fourth-order valence-electron chi connectivity index (χ4n) is 4.53. The van der Waals surface area contributed by atoms with Crippen molar-refractivity contribution in [1.29, 1.82) is 0 Å². The molecule has 0 unspecified atom stereocenters. The molecule has 1 saturated heterocycles. The molecule has 5 heteroatoms. The maximum absolute atomic E-state index is 12.3. The molecule has 1 fully saturated rings. The van der Waals surface area contributed by atoms with E-state index in [-0.39, 0.29) is 11.9 Å². The van der Waals surface area contributed by atoms with Gasteiger partial charge in [0, 0.05) is 32.7 Å². The number of benzene rings is 2. The lowest BCUT2D eigenvalue weighted by Crippen LogP contribution is -2.47. The Morgan fingerprint density at radius 3 is 2.12 bits per heavy atom. The van der Waals surface area contributed by atoms with Crippen molar-refractivity contribution in [3.05, 3.63) is 95.4 Å². The van der Waals surface area contributed by atoms with Gasteiger partial charge < -0.3 is 9.73 Å². The molecular weight excluding hydrogens is 410 g/mol. The van der Waals surface area contributed by atoms with Crippen LogP contribution in [0.5, 0.6) is 0 Å². The highest BCUT2D eigenvalue weighted by Gasteiger charge is 2.26. The lowest BCUT2D eigenvalue weighted by molar-refractivity contribution is 0.0902. The summed E-state index contributed by atoms with van der Waals surface area (Å²) < 4.78 is 5.85. The van der Waals surface area contributed by atoms with E-state index in [1.807, 2.05) is 6.07 Å². The van der Waals surface area contributed by atoms with Gasteiger partial charge in [-0.3, -0.25) is 14.6 Å². The average Bonchev–Trinajstić information content (AvgIpc) is 3.33. The maximum atomic E-state index is 12.3. The number of carbonyl (C=O) groups is 1. The summed E-state index contributed by atoms with van der Waals surface area (Å²) in [5, 5.41) is 2.95. The Hall–Kier alpha value is -2.89. The van der Waals surface area contributed by atoms with E-state index in [9.17, 15) is 4.79 Å². The van der Waals surface area contributed by atoms with Crippen LogP contribution in [-0.2, 0) is 6.54 Å². The lowest BCUT2D eigenvalue weighted by Gasteiger charge is -2.39. The number of amides is 1. The first-order valence-electron chi connectivity index (χ1n) is 12.2. The number of piperazine rings is 1. The Balaban J connectivity index is 1.33. The second kappa shape index (κ2) is 11.8. The summed E-state index contributed by atoms with van der Waals surface area (Å²) in [4.78, 5) is 17.3. The molecule has 0 atom stereocenters. The van der Waals surface area contributed by atoms with E-state index in [4.69, 9.17) is 4.42 Å². The van der Waals surface area contributed by atoms with Crippen LogP contribution in [0.25, 0.3) is 0 Å². The van der Waals surface area contributed by atoms with Crippen LogP contribution >= 0.6 is 0 Å². The third-order valence-electron chi connectivity index (χ3n) is 6.33. The molecule has 5 nitrogen and oxygen atoms in total. The molecule has 0 radical (unpaired) electrons. The first-order chi connectivity index (χ1) is 16.2. The van der Waals surface area contributed by atoms with Crippen molar-refractivity contribution in [2.24, 2.45) is 0 Å². The third-order valence-corrected chi connectivity index (χ3v) is 6.33. The summed E-state index contributed by atoms with van der Waals surface area (Å²) in [6.45, 7) is 7.50. The highest BCUT2D eigenvalue weighted by atomic mass is 16.4. The van der Waals surface area contributed by atoms with Gasteiger partial charge in [-0.25, -0.2) is 0 Å². The molecule has 33 heavy (non-hydrogen) atoms. The van der Waals surface area contributed by atoms with Gasteiger partial charge in [-0.05, 0) is 29.7 Å². The molecule has 174 valence electrons. The SMILES string of the molecule is CCCCCNC(=O)c1ccc(CN2CCN(C(c3ccccc3)c3ccccc3)CC2)o1. The van der Waals surface area contributed by atoms with Gasteiger partial charge in [-0.15, -0.1) is 0 Å². The molecule has 3 aromatic rings. The number of rotatable bonds is 10. The van der Waals surface area contributed by atoms with Gasteiger partial charge in [0.2, 0.25) is 0 Å². The smallest absolute Gasteiger partial charge is 0.286 e. The van der Waals surface area contributed by atoms with E-state index in [1.165, 1.54) is 11.1 Å². The van der Waals surface area contributed by atoms with E-state index in [0.717, 1.165) is 57.7 Å². The van der Waals surface area contributed by atoms with Crippen molar-refractivity contribution in [3.63, 3.8) is 0 Å². The molecule has 1 aliphatic rings. The van der Waals surface area contributed by atoms with Gasteiger partial charge in [0.15, 0.2) is 5.76 Å². The Morgan fingerprint density at radius 1 is 0.879 bits per heavy atom. The molecule has 0 spiro atoms. The fraction of sp³-hybridized carbons (Fsp3) is 0.393. The van der Waals surface area contributed by atoms with Crippen molar-refractivity contribution < 1.29 is 9.21 Å². The zero-order valence-electron chi connectivity index (χ0n) is 19.6. The van der Waals surface area contributed by atoms with Crippen LogP contribution in [0.2, 0.25) is 0 Å². The zero-order chi connectivity index (χ0) is 22.9. The molecular formula is C28H35N3O2. The first kappa shape index (κ1) is 23.3. The van der Waals surface area contributed by atoms with E-state index in [0.29, 0.717) is 12.3 Å². The number of unbranched alkanes of at least 4 members (excludes halogenated alkanes) is 2. The zero-order valence-corrected chi connectivity index (χ0v) is 19.6. The van der Waals surface area contributed by atoms with Gasteiger partial charge in [0.25, 0.3) is 5.91 Å². The third kappa shape index (κ3) is 6.34. The fourth-order valence-corrected chi connectivity index (χ4v) is 4.53. The number of furan rings is 1. The van der Waals surface area contributed by atoms with E-state index in [1.54, 1.807) is 6.07 Å². The minimum absolute atomic E-state index is 0.115. The minimum Gasteiger partial charge on any atom is -0.455 e. The molecule has 2 aromatic carbocycles. The number of hydrogen-bond donors (Lipinski definition) is 1. The highest BCUT2D eigenvalue weighted by molar-refractivity contribution is 5.91. The van der Waals surface area contributed by atoms with E-state index < -0.39 is 0 Å². The summed E-state index contributed by atoms with van der Waals surface area (Å²) in [7, 11) is 0. The second-order valence-electron chi connectivity index (χ2n) is 8.76. The predicted molar refractivity (Wildman–Crippen MR) is 132 cm³/mol. The van der Waals surface area contributed by atoms with Crippen LogP contribution in [0, 0.1) is 0 Å². The molecule has 1 aliphatic heterocycles. The molecule has 0 saturated carbocycles. The molecule has 1 amide bonds. The number of carbonyl (C=O) groups excluding carboxylic acids is 1. The minimum atomic E-state index is -0.115. The first-order valence-corrected chi connectivity index (χ1v) is 12.2. The standard InChI is InChI=1S/C28H35N3O2/c1-2-3-10-17-29-28(32)26-16-15-25(33-26)22-30-18-20-31(21-19-30)27(23-11-6-4-7-12-23)24-13-8-5-9-14-24/h4-9,11-16,27H,2-3,10,17-22H2,1H3,(H,29,32). The van der Waals surface area contributed by atoms with Gasteiger partial charge >= 0.3 is 0 Å². The summed E-state index contributed by atoms with van der Waals surface area (Å²) in [5.41, 5.74) is 2.66. The van der Waals surface area contributed by atoms with Gasteiger partial charge in [0.1, 0.15) is 5.76 Å². The number of nitrogens with one attached hydrogen (secondary N) is 1. The van der Waals surface area contributed by atoms with E-state index >= 15 is 0 Å². The normalized spacial score (nSPS) is 15.1. The predicted octanol–water partition coefficient (Wildman–Crippen LogP) is 5.11. The molecule has 4 rings (SSSR count). The summed E-state index contributed by atoms with van der Waals surface area (Å²) >= 11 is 0. The lowest BCUT2D eigenvalue weighted by atomic mass is 9.96. The molecule has 0 aliphatic carbocycles. The van der Waals surface area contributed by atoms with Crippen LogP contribution < -0.4 is 5.32 Å². The molecule has 0 bridgehead atoms. The van der Waals surface area contributed by atoms with Crippen LogP contribution in [0.15, 0.2) is 77.2 Å². The maximum Gasteiger partial charge on any atom is 0.286 e. The van der Waals surface area contributed by atoms with Crippen LogP contribution in [0.3, 0.4) is 0 Å². The quantitative estimate of drug-likeness (QED) is 0.441. The van der Waals surface area contributed by atoms with Crippen molar-refractivity contribution >= 4 is 5.91 Å². The summed E-state index contributed by atoms with van der Waals surface area (Å²) in [6, 6.07) is 25.5. The second-order valence-corrected chi connectivity index (χ2v) is 8.76. The van der Waals surface area contributed by atoms with Crippen molar-refractivity contribution in [1.82, 2.24) is 15.1 Å². The highest BCUT2D eigenvalue weighted by Crippen LogP contribution is 2.29. The number of hydrogen-bond acceptors (Lipinski definition) is 4. The van der Waals surface area contributed by atoms with Gasteiger partial charge in [-0.1, -0.05) is 80.4 Å². The summed E-state index contributed by atoms with van der Waals surface area (Å²) in [6.07, 6.45) is 3.28. The van der Waals surface area contributed by atoms with Crippen molar-refractivity contribution in [2.75, 3.05) is 32.7 Å².